The number of urea groups is 1. The second kappa shape index (κ2) is 7.83. The summed E-state index contributed by atoms with van der Waals surface area (Å²) in [4.78, 5) is 28.1. The summed E-state index contributed by atoms with van der Waals surface area (Å²) in [6.45, 7) is 3.21. The van der Waals surface area contributed by atoms with Crippen LogP contribution in [0.3, 0.4) is 0 Å². The van der Waals surface area contributed by atoms with E-state index in [-0.39, 0.29) is 25.1 Å². The molecule has 1 aliphatic carbocycles. The molecule has 1 atom stereocenters. The fraction of sp³-hybridized carbons (Fsp3) is 0.429. The Balaban J connectivity index is 1.37. The Bertz CT molecular complexity index is 864. The molecule has 2 aromatic rings. The predicted octanol–water partition coefficient (Wildman–Crippen LogP) is 3.70. The maximum atomic E-state index is 13.1. The van der Waals surface area contributed by atoms with Gasteiger partial charge in [0.05, 0.1) is 13.2 Å². The minimum atomic E-state index is -0.886. The van der Waals surface area contributed by atoms with Gasteiger partial charge in [0.1, 0.15) is 23.6 Å². The van der Waals surface area contributed by atoms with Crippen LogP contribution in [0.5, 0.6) is 11.5 Å². The molecule has 2 heterocycles. The maximum absolute atomic E-state index is 13.1. The Morgan fingerprint density at radius 2 is 1.82 bits per heavy atom. The monoisotopic (exact) mass is 400 g/mol. The lowest BCUT2D eigenvalue weighted by Crippen LogP contribution is -2.46. The van der Waals surface area contributed by atoms with E-state index in [4.69, 9.17) is 9.47 Å². The van der Waals surface area contributed by atoms with E-state index in [9.17, 15) is 9.59 Å². The number of ether oxygens (including phenoxy) is 2. The minimum absolute atomic E-state index is 0.163. The molecule has 28 heavy (non-hydrogen) atoms. The molecule has 1 aliphatic heterocycles. The molecule has 1 N–H and O–H groups in total. The molecule has 0 bridgehead atoms. The van der Waals surface area contributed by atoms with Gasteiger partial charge in [-0.15, -0.1) is 11.3 Å². The smallest absolute Gasteiger partial charge is 0.325 e. The normalized spacial score (nSPS) is 21.0. The van der Waals surface area contributed by atoms with Gasteiger partial charge in [-0.25, -0.2) is 4.79 Å². The standard InChI is InChI=1S/C21H24N2O4S/c1-2-12-26-15-5-7-16(8-6-15)27-13-11-23-19(24)21(22-20(23)25)10-3-4-18-17(21)9-14-28-18/h5-9,14H,2-4,10-13H2,1H3,(H,22,25). The Kier molecular flexibility index (Phi) is 5.26. The number of aryl methyl sites for hydroxylation is 1. The van der Waals surface area contributed by atoms with Crippen molar-refractivity contribution in [1.82, 2.24) is 10.2 Å². The van der Waals surface area contributed by atoms with Crippen LogP contribution in [0.4, 0.5) is 4.79 Å². The first-order valence-electron chi connectivity index (χ1n) is 9.70. The van der Waals surface area contributed by atoms with Crippen molar-refractivity contribution in [2.45, 2.75) is 38.1 Å². The van der Waals surface area contributed by atoms with Crippen molar-refractivity contribution in [3.05, 3.63) is 46.2 Å². The molecule has 0 radical (unpaired) electrons. The fourth-order valence-electron chi connectivity index (χ4n) is 3.85. The SMILES string of the molecule is CCCOc1ccc(OCCN2C(=O)NC3(CCCc4sccc43)C2=O)cc1. The fourth-order valence-corrected chi connectivity index (χ4v) is 4.85. The van der Waals surface area contributed by atoms with Crippen molar-refractivity contribution in [3.63, 3.8) is 0 Å². The number of hydrogen-bond acceptors (Lipinski definition) is 5. The first-order valence-corrected chi connectivity index (χ1v) is 10.6. The molecule has 1 aromatic heterocycles. The number of hydrogen-bond donors (Lipinski definition) is 1. The van der Waals surface area contributed by atoms with Gasteiger partial charge in [-0.2, -0.15) is 0 Å². The van der Waals surface area contributed by atoms with E-state index in [2.05, 4.69) is 12.2 Å². The van der Waals surface area contributed by atoms with Gasteiger partial charge in [-0.3, -0.25) is 9.69 Å². The lowest BCUT2D eigenvalue weighted by atomic mass is 9.80. The molecule has 1 spiro atoms. The molecule has 7 heteroatoms. The maximum Gasteiger partial charge on any atom is 0.325 e. The zero-order valence-corrected chi connectivity index (χ0v) is 16.7. The predicted molar refractivity (Wildman–Crippen MR) is 107 cm³/mol. The largest absolute Gasteiger partial charge is 0.494 e. The molecule has 3 amide bonds. The average molecular weight is 401 g/mol. The second-order valence-corrected chi connectivity index (χ2v) is 8.07. The number of rotatable bonds is 7. The summed E-state index contributed by atoms with van der Waals surface area (Å²) in [7, 11) is 0. The number of nitrogens with zero attached hydrogens (tertiary/aromatic N) is 1. The van der Waals surface area contributed by atoms with Crippen molar-refractivity contribution in [1.29, 1.82) is 0 Å². The lowest BCUT2D eigenvalue weighted by molar-refractivity contribution is -0.132. The summed E-state index contributed by atoms with van der Waals surface area (Å²) in [6.07, 6.45) is 3.48. The number of carbonyl (C=O) groups excluding carboxylic acids is 2. The van der Waals surface area contributed by atoms with Crippen LogP contribution in [0.25, 0.3) is 0 Å². The molecule has 1 aromatic carbocycles. The van der Waals surface area contributed by atoms with Crippen LogP contribution in [0, 0.1) is 0 Å². The van der Waals surface area contributed by atoms with Crippen molar-refractivity contribution >= 4 is 23.3 Å². The van der Waals surface area contributed by atoms with E-state index in [0.717, 1.165) is 30.6 Å². The van der Waals surface area contributed by atoms with Gasteiger partial charge in [0.15, 0.2) is 0 Å². The van der Waals surface area contributed by atoms with Gasteiger partial charge in [-0.1, -0.05) is 6.92 Å². The Morgan fingerprint density at radius 3 is 2.54 bits per heavy atom. The van der Waals surface area contributed by atoms with Crippen molar-refractivity contribution < 1.29 is 19.1 Å². The summed E-state index contributed by atoms with van der Waals surface area (Å²) in [5.74, 6) is 1.32. The van der Waals surface area contributed by atoms with Gasteiger partial charge in [0.2, 0.25) is 0 Å². The lowest BCUT2D eigenvalue weighted by Gasteiger charge is -2.31. The van der Waals surface area contributed by atoms with Crippen molar-refractivity contribution in [2.24, 2.45) is 0 Å². The molecule has 1 fully saturated rings. The van der Waals surface area contributed by atoms with E-state index in [1.165, 1.54) is 9.78 Å². The summed E-state index contributed by atoms with van der Waals surface area (Å²) < 4.78 is 11.3. The summed E-state index contributed by atoms with van der Waals surface area (Å²) >= 11 is 1.65. The number of nitrogens with one attached hydrogen (secondary N) is 1. The summed E-state index contributed by atoms with van der Waals surface area (Å²) in [6, 6.07) is 9.01. The molecular formula is C21H24N2O4S. The second-order valence-electron chi connectivity index (χ2n) is 7.07. The molecule has 1 saturated heterocycles. The van der Waals surface area contributed by atoms with Crippen molar-refractivity contribution in [2.75, 3.05) is 19.8 Å². The third-order valence-electron chi connectivity index (χ3n) is 5.22. The highest BCUT2D eigenvalue weighted by Gasteiger charge is 2.54. The van der Waals surface area contributed by atoms with E-state index in [1.54, 1.807) is 11.3 Å². The first-order chi connectivity index (χ1) is 13.6. The summed E-state index contributed by atoms with van der Waals surface area (Å²) in [5, 5.41) is 4.96. The minimum Gasteiger partial charge on any atom is -0.494 e. The molecular weight excluding hydrogens is 376 g/mol. The van der Waals surface area contributed by atoms with Gasteiger partial charge >= 0.3 is 6.03 Å². The van der Waals surface area contributed by atoms with Crippen LogP contribution < -0.4 is 14.8 Å². The van der Waals surface area contributed by atoms with Crippen LogP contribution in [-0.2, 0) is 16.8 Å². The van der Waals surface area contributed by atoms with E-state index < -0.39 is 5.54 Å². The molecule has 2 aliphatic rings. The van der Waals surface area contributed by atoms with E-state index in [1.807, 2.05) is 35.7 Å². The molecule has 0 saturated carbocycles. The third kappa shape index (κ3) is 3.35. The quantitative estimate of drug-likeness (QED) is 0.720. The number of benzene rings is 1. The Morgan fingerprint density at radius 1 is 1.11 bits per heavy atom. The van der Waals surface area contributed by atoms with Crippen LogP contribution in [-0.4, -0.2) is 36.6 Å². The highest BCUT2D eigenvalue weighted by Crippen LogP contribution is 2.42. The third-order valence-corrected chi connectivity index (χ3v) is 6.20. The Hall–Kier alpha value is -2.54. The van der Waals surface area contributed by atoms with Crippen molar-refractivity contribution in [3.8, 4) is 11.5 Å². The van der Waals surface area contributed by atoms with Crippen LogP contribution in [0.1, 0.15) is 36.6 Å². The summed E-state index contributed by atoms with van der Waals surface area (Å²) in [5.41, 5.74) is 0.0799. The first kappa shape index (κ1) is 18.8. The highest BCUT2D eigenvalue weighted by molar-refractivity contribution is 7.10. The molecule has 6 nitrogen and oxygen atoms in total. The van der Waals surface area contributed by atoms with E-state index in [0.29, 0.717) is 18.8 Å². The number of fused-ring (bicyclic) bond motifs is 2. The Labute approximate surface area is 168 Å². The number of amides is 3. The van der Waals surface area contributed by atoms with Gasteiger partial charge in [-0.05, 0) is 61.4 Å². The van der Waals surface area contributed by atoms with Gasteiger partial charge < -0.3 is 14.8 Å². The molecule has 148 valence electrons. The average Bonchev–Trinajstić information content (AvgIpc) is 3.27. The van der Waals surface area contributed by atoms with Crippen LogP contribution in [0.15, 0.2) is 35.7 Å². The molecule has 1 unspecified atom stereocenters. The number of thiophene rings is 1. The van der Waals surface area contributed by atoms with Gasteiger partial charge in [0, 0.05) is 10.4 Å². The van der Waals surface area contributed by atoms with E-state index >= 15 is 0 Å². The van der Waals surface area contributed by atoms with Gasteiger partial charge in [0.25, 0.3) is 5.91 Å². The topological polar surface area (TPSA) is 67.9 Å². The molecule has 4 rings (SSSR count). The zero-order chi connectivity index (χ0) is 19.6. The highest BCUT2D eigenvalue weighted by atomic mass is 32.1. The van der Waals surface area contributed by atoms with Crippen LogP contribution in [0.2, 0.25) is 0 Å². The zero-order valence-electron chi connectivity index (χ0n) is 15.9. The van der Waals surface area contributed by atoms with Crippen LogP contribution >= 0.6 is 11.3 Å². The number of imide groups is 1. The number of carbonyl (C=O) groups is 2.